The first-order chi connectivity index (χ1) is 15.4. The number of aliphatic hydroxyl groups excluding tert-OH is 1. The number of aliphatic hydroxyl groups is 1. The average molecular weight is 630 g/mol. The number of anilines is 1. The molecule has 0 saturated heterocycles. The molecular formula is C23H21IrN2O7-. The average Bonchev–Trinajstić information content (AvgIpc) is 3.21. The summed E-state index contributed by atoms with van der Waals surface area (Å²) in [6.45, 7) is 1.22. The van der Waals surface area contributed by atoms with Crippen LogP contribution in [0.3, 0.4) is 0 Å². The minimum atomic E-state index is -1.37. The van der Waals surface area contributed by atoms with Gasteiger partial charge in [-0.2, -0.15) is 0 Å². The Bertz CT molecular complexity index is 1120. The van der Waals surface area contributed by atoms with Gasteiger partial charge >= 0.3 is 5.97 Å². The van der Waals surface area contributed by atoms with Crippen LogP contribution in [0.15, 0.2) is 42.6 Å². The van der Waals surface area contributed by atoms with Crippen LogP contribution in [-0.2, 0) is 29.7 Å². The van der Waals surface area contributed by atoms with E-state index in [0.29, 0.717) is 12.2 Å². The van der Waals surface area contributed by atoms with Crippen LogP contribution < -0.4 is 19.1 Å². The number of nitrogens with zero attached hydrogens (tertiary/aromatic N) is 2. The fraction of sp³-hybridized carbons (Fsp3) is 0.261. The van der Waals surface area contributed by atoms with Gasteiger partial charge < -0.3 is 33.9 Å². The van der Waals surface area contributed by atoms with Crippen molar-refractivity contribution in [2.45, 2.75) is 25.6 Å². The number of esters is 1. The van der Waals surface area contributed by atoms with E-state index in [4.69, 9.17) is 14.2 Å². The predicted octanol–water partition coefficient (Wildman–Crippen LogP) is 2.09. The number of methoxy groups -OCH3 is 2. The Morgan fingerprint density at radius 1 is 1.12 bits per heavy atom. The Hall–Kier alpha value is -3.20. The molecule has 2 unspecified atom stereocenters. The molecule has 2 aliphatic rings. The van der Waals surface area contributed by atoms with Gasteiger partial charge in [-0.3, -0.25) is 9.59 Å². The van der Waals surface area contributed by atoms with Crippen LogP contribution in [-0.4, -0.2) is 54.8 Å². The molecule has 0 aromatic heterocycles. The van der Waals surface area contributed by atoms with Gasteiger partial charge in [0.05, 0.1) is 26.7 Å². The topological polar surface area (TPSA) is 106 Å². The van der Waals surface area contributed by atoms with Gasteiger partial charge in [0, 0.05) is 33.2 Å². The van der Waals surface area contributed by atoms with Crippen molar-refractivity contribution in [3.05, 3.63) is 53.7 Å². The molecular weight excluding hydrogens is 608 g/mol. The number of benzene rings is 2. The molecule has 0 fully saturated rings. The second-order valence-corrected chi connectivity index (χ2v) is 7.36. The van der Waals surface area contributed by atoms with E-state index in [0.717, 1.165) is 16.0 Å². The molecule has 1 N–H and O–H groups in total. The number of ether oxygens (including phenoxy) is 3. The van der Waals surface area contributed by atoms with E-state index in [1.807, 2.05) is 12.1 Å². The fourth-order valence-corrected chi connectivity index (χ4v) is 3.97. The van der Waals surface area contributed by atoms with E-state index in [9.17, 15) is 19.5 Å². The van der Waals surface area contributed by atoms with Crippen LogP contribution in [0.4, 0.5) is 5.69 Å². The third-order valence-corrected chi connectivity index (χ3v) is 5.51. The third-order valence-electron chi connectivity index (χ3n) is 5.51. The Morgan fingerprint density at radius 3 is 2.39 bits per heavy atom. The van der Waals surface area contributed by atoms with Crippen LogP contribution in [0, 0.1) is 0 Å². The van der Waals surface area contributed by atoms with E-state index >= 15 is 0 Å². The maximum atomic E-state index is 13.4. The van der Waals surface area contributed by atoms with Gasteiger partial charge in [0.1, 0.15) is 12.0 Å². The zero-order valence-electron chi connectivity index (χ0n) is 18.0. The summed E-state index contributed by atoms with van der Waals surface area (Å²) in [6.07, 6.45) is 2.32. The van der Waals surface area contributed by atoms with Crippen molar-refractivity contribution in [2.24, 2.45) is 0 Å². The molecule has 0 aliphatic carbocycles. The first kappa shape index (κ1) is 24.4. The molecule has 2 aromatic rings. The van der Waals surface area contributed by atoms with Crippen LogP contribution in [0.25, 0.3) is 5.57 Å². The molecule has 0 spiro atoms. The van der Waals surface area contributed by atoms with Gasteiger partial charge in [0.25, 0.3) is 0 Å². The molecule has 2 heterocycles. The van der Waals surface area contributed by atoms with E-state index < -0.39 is 24.1 Å². The van der Waals surface area contributed by atoms with Crippen molar-refractivity contribution in [1.29, 1.82) is 0 Å². The summed E-state index contributed by atoms with van der Waals surface area (Å²) in [5, 5.41) is 11.0. The molecule has 4 rings (SSSR count). The number of carbonyl (C=O) groups excluding carboxylic acids is 3. The van der Waals surface area contributed by atoms with Gasteiger partial charge in [0.15, 0.2) is 11.5 Å². The Labute approximate surface area is 203 Å². The monoisotopic (exact) mass is 630 g/mol. The van der Waals surface area contributed by atoms with Crippen LogP contribution >= 0.6 is 0 Å². The predicted molar refractivity (Wildman–Crippen MR) is 114 cm³/mol. The summed E-state index contributed by atoms with van der Waals surface area (Å²) >= 11 is 0. The Balaban J connectivity index is 0.00000306. The van der Waals surface area contributed by atoms with E-state index in [2.05, 4.69) is 0 Å². The Kier molecular flexibility index (Phi) is 7.21. The number of hydrogen-bond donors (Lipinski definition) is 1. The molecule has 2 atom stereocenters. The summed E-state index contributed by atoms with van der Waals surface area (Å²) in [6, 6.07) is 9.31. The first-order valence-corrected chi connectivity index (χ1v) is 9.81. The molecule has 0 saturated carbocycles. The van der Waals surface area contributed by atoms with Gasteiger partial charge in [-0.15, -0.1) is 0 Å². The minimum Gasteiger partial charge on any atom is -0.497 e. The largest absolute Gasteiger partial charge is 0.497 e. The molecule has 2 amide bonds. The van der Waals surface area contributed by atoms with Crippen LogP contribution in [0.2, 0.25) is 0 Å². The summed E-state index contributed by atoms with van der Waals surface area (Å²) in [7, 11) is 2.94. The molecule has 9 nitrogen and oxygen atoms in total. The van der Waals surface area contributed by atoms with Gasteiger partial charge in [0.2, 0.25) is 5.91 Å². The number of fused-ring (bicyclic) bond motifs is 2. The zero-order valence-corrected chi connectivity index (χ0v) is 20.4. The van der Waals surface area contributed by atoms with Crippen molar-refractivity contribution in [3.8, 4) is 17.2 Å². The molecule has 10 heteroatoms. The molecule has 2 aliphatic heterocycles. The maximum absolute atomic E-state index is 13.4. The quantitative estimate of drug-likeness (QED) is 0.307. The van der Waals surface area contributed by atoms with Crippen molar-refractivity contribution < 1.29 is 53.8 Å². The van der Waals surface area contributed by atoms with Crippen molar-refractivity contribution in [1.82, 2.24) is 4.90 Å². The van der Waals surface area contributed by atoms with Gasteiger partial charge in [-0.25, -0.2) is 0 Å². The number of amides is 2. The second-order valence-electron chi connectivity index (χ2n) is 7.36. The molecule has 2 aromatic carbocycles. The van der Waals surface area contributed by atoms with E-state index in [1.54, 1.807) is 31.9 Å². The van der Waals surface area contributed by atoms with Crippen molar-refractivity contribution >= 4 is 29.5 Å². The third kappa shape index (κ3) is 4.37. The SMILES string of the molecule is COc1ccc(C2=CN3C(=O)c4cc(OC)c(OC(C)=O)cc4N([C-]=O)C(O)C3C2)cc1.[Ir]. The summed E-state index contributed by atoms with van der Waals surface area (Å²) in [5.74, 6) is -0.166. The smallest absolute Gasteiger partial charge is 0.308 e. The number of hydrogen-bond acceptors (Lipinski definition) is 7. The minimum absolute atomic E-state index is 0. The van der Waals surface area contributed by atoms with Crippen LogP contribution in [0.5, 0.6) is 17.2 Å². The van der Waals surface area contributed by atoms with Gasteiger partial charge in [-0.05, 0) is 41.3 Å². The van der Waals surface area contributed by atoms with E-state index in [-0.39, 0.29) is 42.9 Å². The van der Waals surface area contributed by atoms with Gasteiger partial charge in [-0.1, -0.05) is 23.9 Å². The number of carbonyl (C=O) groups is 2. The summed E-state index contributed by atoms with van der Waals surface area (Å²) in [4.78, 5) is 39.1. The fourth-order valence-electron chi connectivity index (χ4n) is 3.97. The number of rotatable bonds is 5. The molecule has 33 heavy (non-hydrogen) atoms. The molecule has 175 valence electrons. The van der Waals surface area contributed by atoms with E-state index in [1.165, 1.54) is 31.1 Å². The molecule has 1 radical (unpaired) electrons. The Morgan fingerprint density at radius 2 is 1.82 bits per heavy atom. The summed E-state index contributed by atoms with van der Waals surface area (Å²) in [5.41, 5.74) is 1.87. The standard InChI is InChI=1S/C23H21N2O7.Ir/c1-13(27)32-21-10-18-17(9-20(21)31-3)22(28)24-11-15(8-19(24)23(29)25(18)12-26)14-4-6-16(30-2)7-5-14;/h4-7,9-11,19,23,29H,8H2,1-3H3;/q-1;. The van der Waals surface area contributed by atoms with Crippen molar-refractivity contribution in [2.75, 3.05) is 19.1 Å². The normalized spacial score (nSPS) is 18.9. The second kappa shape index (κ2) is 9.74. The first-order valence-electron chi connectivity index (χ1n) is 9.81. The zero-order chi connectivity index (χ0) is 23.0. The maximum Gasteiger partial charge on any atom is 0.308 e. The van der Waals surface area contributed by atoms with Crippen LogP contribution in [0.1, 0.15) is 29.3 Å². The summed E-state index contributed by atoms with van der Waals surface area (Å²) < 4.78 is 15.6. The van der Waals surface area contributed by atoms with Crippen molar-refractivity contribution in [3.63, 3.8) is 0 Å². The molecule has 0 bridgehead atoms.